The summed E-state index contributed by atoms with van der Waals surface area (Å²) in [7, 11) is 0. The lowest BCUT2D eigenvalue weighted by Crippen LogP contribution is -2.17. The third-order valence-electron chi connectivity index (χ3n) is 8.19. The van der Waals surface area contributed by atoms with Gasteiger partial charge in [-0.1, -0.05) is 56.2 Å². The highest BCUT2D eigenvalue weighted by molar-refractivity contribution is 5.51. The van der Waals surface area contributed by atoms with E-state index in [2.05, 4.69) is 6.92 Å². The number of benzene rings is 2. The van der Waals surface area contributed by atoms with Gasteiger partial charge in [-0.05, 0) is 98.7 Å². The van der Waals surface area contributed by atoms with E-state index in [0.717, 1.165) is 57.3 Å². The summed E-state index contributed by atoms with van der Waals surface area (Å²) < 4.78 is 58.1. The molecule has 184 valence electrons. The zero-order valence-electron chi connectivity index (χ0n) is 20.4. The van der Waals surface area contributed by atoms with Gasteiger partial charge in [0.2, 0.25) is 0 Å². The van der Waals surface area contributed by atoms with E-state index in [1.807, 2.05) is 18.2 Å². The van der Waals surface area contributed by atoms with Gasteiger partial charge in [-0.25, -0.2) is 17.6 Å². The van der Waals surface area contributed by atoms with Crippen molar-refractivity contribution in [2.24, 2.45) is 11.8 Å². The Morgan fingerprint density at radius 3 is 1.82 bits per heavy atom. The minimum absolute atomic E-state index is 0.00189. The summed E-state index contributed by atoms with van der Waals surface area (Å²) in [6, 6.07) is 6.81. The lowest BCUT2D eigenvalue weighted by atomic mass is 9.75. The van der Waals surface area contributed by atoms with E-state index < -0.39 is 23.3 Å². The van der Waals surface area contributed by atoms with E-state index in [4.69, 9.17) is 0 Å². The van der Waals surface area contributed by atoms with Gasteiger partial charge in [0.05, 0.1) is 0 Å². The maximum atomic E-state index is 15.1. The molecule has 2 aromatic carbocycles. The van der Waals surface area contributed by atoms with Gasteiger partial charge in [0.15, 0.2) is 23.3 Å². The molecule has 0 nitrogen and oxygen atoms in total. The van der Waals surface area contributed by atoms with Gasteiger partial charge in [0, 0.05) is 5.56 Å². The Kier molecular flexibility index (Phi) is 8.16. The molecule has 2 aliphatic rings. The molecule has 2 aromatic rings. The smallest absolute Gasteiger partial charge is 0.166 e. The van der Waals surface area contributed by atoms with Crippen molar-refractivity contribution < 1.29 is 17.6 Å². The van der Waals surface area contributed by atoms with Crippen LogP contribution in [0.1, 0.15) is 105 Å². The number of hydrogen-bond acceptors (Lipinski definition) is 0. The fraction of sp³-hybridized carbons (Fsp3) is 0.533. The molecule has 0 heterocycles. The number of aryl methyl sites for hydroxylation is 1. The molecule has 0 aromatic heterocycles. The fourth-order valence-electron chi connectivity index (χ4n) is 6.03. The Balaban J connectivity index is 1.37. The van der Waals surface area contributed by atoms with Crippen LogP contribution in [-0.4, -0.2) is 0 Å². The molecule has 0 amide bonds. The van der Waals surface area contributed by atoms with E-state index in [9.17, 15) is 8.78 Å². The SMILES string of the molecule is CCCC1CCC(c2ccc(C3CCC(C=Cc4ccc(C)c(F)c4F)CC3)c(F)c2F)CC1. The largest absolute Gasteiger partial charge is 0.203 e. The van der Waals surface area contributed by atoms with Gasteiger partial charge in [-0.2, -0.15) is 0 Å². The van der Waals surface area contributed by atoms with Crippen molar-refractivity contribution in [2.75, 3.05) is 0 Å². The van der Waals surface area contributed by atoms with Crippen LogP contribution in [-0.2, 0) is 0 Å². The minimum Gasteiger partial charge on any atom is -0.203 e. The van der Waals surface area contributed by atoms with Crippen molar-refractivity contribution in [3.63, 3.8) is 0 Å². The Morgan fingerprint density at radius 2 is 1.26 bits per heavy atom. The van der Waals surface area contributed by atoms with E-state index in [1.165, 1.54) is 12.8 Å². The molecule has 2 aliphatic carbocycles. The summed E-state index contributed by atoms with van der Waals surface area (Å²) >= 11 is 0. The van der Waals surface area contributed by atoms with Crippen molar-refractivity contribution in [3.05, 3.63) is 75.9 Å². The average Bonchev–Trinajstić information content (AvgIpc) is 2.85. The van der Waals surface area contributed by atoms with Gasteiger partial charge in [0.25, 0.3) is 0 Å². The van der Waals surface area contributed by atoms with Crippen LogP contribution < -0.4 is 0 Å². The molecule has 0 bridgehead atoms. The first-order valence-corrected chi connectivity index (χ1v) is 13.0. The molecular formula is C30H36F4. The van der Waals surface area contributed by atoms with Crippen LogP contribution in [0, 0.1) is 42.0 Å². The predicted octanol–water partition coefficient (Wildman–Crippen LogP) is 9.61. The summed E-state index contributed by atoms with van der Waals surface area (Å²) in [5.41, 5.74) is 1.59. The quantitative estimate of drug-likeness (QED) is 0.367. The number of hydrogen-bond donors (Lipinski definition) is 0. The molecule has 0 aliphatic heterocycles. The van der Waals surface area contributed by atoms with Gasteiger partial charge in [-0.15, -0.1) is 0 Å². The van der Waals surface area contributed by atoms with Crippen LogP contribution in [0.15, 0.2) is 30.3 Å². The van der Waals surface area contributed by atoms with Crippen LogP contribution in [0.25, 0.3) is 6.08 Å². The van der Waals surface area contributed by atoms with Gasteiger partial charge in [-0.3, -0.25) is 0 Å². The van der Waals surface area contributed by atoms with Gasteiger partial charge < -0.3 is 0 Å². The second kappa shape index (κ2) is 11.1. The Morgan fingerprint density at radius 1 is 0.706 bits per heavy atom. The highest BCUT2D eigenvalue weighted by Gasteiger charge is 2.29. The first-order valence-electron chi connectivity index (χ1n) is 13.0. The van der Waals surface area contributed by atoms with E-state index in [-0.39, 0.29) is 23.3 Å². The second-order valence-corrected chi connectivity index (χ2v) is 10.4. The van der Waals surface area contributed by atoms with Crippen molar-refractivity contribution in [1.29, 1.82) is 0 Å². The summed E-state index contributed by atoms with van der Waals surface area (Å²) in [6.07, 6.45) is 13.3. The Labute approximate surface area is 201 Å². The lowest BCUT2D eigenvalue weighted by Gasteiger charge is -2.30. The highest BCUT2D eigenvalue weighted by Crippen LogP contribution is 2.42. The van der Waals surface area contributed by atoms with Crippen LogP contribution in [0.5, 0.6) is 0 Å². The van der Waals surface area contributed by atoms with Crippen molar-refractivity contribution in [3.8, 4) is 0 Å². The maximum Gasteiger partial charge on any atom is 0.166 e. The first-order chi connectivity index (χ1) is 16.4. The predicted molar refractivity (Wildman–Crippen MR) is 131 cm³/mol. The van der Waals surface area contributed by atoms with Crippen molar-refractivity contribution in [1.82, 2.24) is 0 Å². The van der Waals surface area contributed by atoms with Gasteiger partial charge >= 0.3 is 0 Å². The van der Waals surface area contributed by atoms with E-state index in [1.54, 1.807) is 25.1 Å². The maximum absolute atomic E-state index is 15.1. The molecule has 2 saturated carbocycles. The molecule has 4 heteroatoms. The summed E-state index contributed by atoms with van der Waals surface area (Å²) in [6.45, 7) is 3.74. The fourth-order valence-corrected chi connectivity index (χ4v) is 6.03. The van der Waals surface area contributed by atoms with Crippen LogP contribution in [0.4, 0.5) is 17.6 Å². The zero-order chi connectivity index (χ0) is 24.2. The monoisotopic (exact) mass is 472 g/mol. The molecule has 2 fully saturated rings. The molecule has 0 saturated heterocycles. The zero-order valence-corrected chi connectivity index (χ0v) is 20.4. The Hall–Kier alpha value is -2.10. The second-order valence-electron chi connectivity index (χ2n) is 10.4. The Bertz CT molecular complexity index is 1010. The minimum atomic E-state index is -0.818. The molecule has 4 rings (SSSR count). The van der Waals surface area contributed by atoms with E-state index in [0.29, 0.717) is 16.7 Å². The number of allylic oxidation sites excluding steroid dienone is 1. The molecule has 34 heavy (non-hydrogen) atoms. The molecule has 0 spiro atoms. The summed E-state index contributed by atoms with van der Waals surface area (Å²) in [5, 5.41) is 0. The van der Waals surface area contributed by atoms with Crippen LogP contribution in [0.2, 0.25) is 0 Å². The van der Waals surface area contributed by atoms with Crippen molar-refractivity contribution >= 4 is 6.08 Å². The number of halogens is 4. The lowest BCUT2D eigenvalue weighted by molar-refractivity contribution is 0.302. The molecule has 0 radical (unpaired) electrons. The highest BCUT2D eigenvalue weighted by atomic mass is 19.2. The topological polar surface area (TPSA) is 0 Å². The normalized spacial score (nSPS) is 25.7. The third kappa shape index (κ3) is 5.42. The number of rotatable bonds is 6. The molecule has 0 N–H and O–H groups in total. The standard InChI is InChI=1S/C30H36F4/c1-3-4-20-6-12-22(13-7-20)25-17-18-26(30(34)29(25)33)23-14-8-21(9-15-23)10-16-24-11-5-19(2)27(31)28(24)32/h5,10-11,16-18,20-23H,3-4,6-9,12-15H2,1-2H3. The van der Waals surface area contributed by atoms with Crippen LogP contribution >= 0.6 is 0 Å². The molecular weight excluding hydrogens is 436 g/mol. The first kappa shape index (κ1) is 25.0. The molecule has 0 atom stereocenters. The van der Waals surface area contributed by atoms with Gasteiger partial charge in [0.1, 0.15) is 0 Å². The molecule has 0 unspecified atom stereocenters. The summed E-state index contributed by atoms with van der Waals surface area (Å²) in [5.74, 6) is -1.83. The van der Waals surface area contributed by atoms with E-state index >= 15 is 8.78 Å². The van der Waals surface area contributed by atoms with Crippen molar-refractivity contribution in [2.45, 2.75) is 89.9 Å². The third-order valence-corrected chi connectivity index (χ3v) is 8.19. The van der Waals surface area contributed by atoms with Crippen LogP contribution in [0.3, 0.4) is 0 Å². The average molecular weight is 473 g/mol. The summed E-state index contributed by atoms with van der Waals surface area (Å²) in [4.78, 5) is 0.